The Bertz CT molecular complexity index is 246. The van der Waals surface area contributed by atoms with Crippen molar-refractivity contribution in [2.75, 3.05) is 6.61 Å². The van der Waals surface area contributed by atoms with Crippen molar-refractivity contribution in [3.05, 3.63) is 0 Å². The standard InChI is InChI=1S/C16H32O3/c1-7-8-9-10-11-16(5,6)14(4)19-15(17)18-12-13(2)3/h13-14H,7-12H2,1-6H3. The molecule has 0 radical (unpaired) electrons. The van der Waals surface area contributed by atoms with Crippen LogP contribution in [0.25, 0.3) is 0 Å². The third kappa shape index (κ3) is 8.90. The van der Waals surface area contributed by atoms with Gasteiger partial charge in [0.1, 0.15) is 6.10 Å². The number of unbranched alkanes of at least 4 members (excludes halogenated alkanes) is 3. The molecule has 0 saturated heterocycles. The van der Waals surface area contributed by atoms with Crippen molar-refractivity contribution < 1.29 is 14.3 Å². The minimum Gasteiger partial charge on any atom is -0.434 e. The van der Waals surface area contributed by atoms with Gasteiger partial charge in [-0.2, -0.15) is 0 Å². The molecular formula is C16H32O3. The normalized spacial score (nSPS) is 13.4. The molecule has 0 saturated carbocycles. The summed E-state index contributed by atoms with van der Waals surface area (Å²) in [7, 11) is 0. The van der Waals surface area contributed by atoms with Gasteiger partial charge >= 0.3 is 6.16 Å². The van der Waals surface area contributed by atoms with Gasteiger partial charge < -0.3 is 9.47 Å². The third-order valence-corrected chi connectivity index (χ3v) is 3.58. The van der Waals surface area contributed by atoms with Crippen LogP contribution in [0, 0.1) is 11.3 Å². The first-order chi connectivity index (χ1) is 8.79. The van der Waals surface area contributed by atoms with E-state index in [-0.39, 0.29) is 11.5 Å². The van der Waals surface area contributed by atoms with E-state index in [9.17, 15) is 4.79 Å². The van der Waals surface area contributed by atoms with E-state index in [1.165, 1.54) is 25.7 Å². The summed E-state index contributed by atoms with van der Waals surface area (Å²) >= 11 is 0. The predicted molar refractivity (Wildman–Crippen MR) is 79.3 cm³/mol. The quantitative estimate of drug-likeness (QED) is 0.428. The Balaban J connectivity index is 4.01. The van der Waals surface area contributed by atoms with Crippen LogP contribution in [0.2, 0.25) is 0 Å². The van der Waals surface area contributed by atoms with Gasteiger partial charge in [-0.3, -0.25) is 0 Å². The fourth-order valence-corrected chi connectivity index (χ4v) is 1.78. The first-order valence-corrected chi connectivity index (χ1v) is 7.63. The van der Waals surface area contributed by atoms with Crippen LogP contribution in [0.15, 0.2) is 0 Å². The number of ether oxygens (including phenoxy) is 2. The average Bonchev–Trinajstić information content (AvgIpc) is 2.32. The number of hydrogen-bond acceptors (Lipinski definition) is 3. The topological polar surface area (TPSA) is 35.5 Å². The fraction of sp³-hybridized carbons (Fsp3) is 0.938. The van der Waals surface area contributed by atoms with E-state index in [0.29, 0.717) is 12.5 Å². The van der Waals surface area contributed by atoms with Crippen LogP contribution in [0.1, 0.15) is 73.6 Å². The van der Waals surface area contributed by atoms with Gasteiger partial charge in [-0.15, -0.1) is 0 Å². The molecule has 0 aromatic carbocycles. The molecule has 0 bridgehead atoms. The zero-order chi connectivity index (χ0) is 14.9. The Kier molecular flexibility index (Phi) is 8.86. The molecule has 19 heavy (non-hydrogen) atoms. The van der Waals surface area contributed by atoms with E-state index in [1.807, 2.05) is 20.8 Å². The highest BCUT2D eigenvalue weighted by atomic mass is 16.7. The number of carbonyl (C=O) groups excluding carboxylic acids is 1. The molecule has 0 rings (SSSR count). The van der Waals surface area contributed by atoms with Crippen LogP contribution < -0.4 is 0 Å². The van der Waals surface area contributed by atoms with Crippen LogP contribution >= 0.6 is 0 Å². The minimum absolute atomic E-state index is 0.00456. The van der Waals surface area contributed by atoms with Crippen LogP contribution in [0.5, 0.6) is 0 Å². The number of carbonyl (C=O) groups is 1. The van der Waals surface area contributed by atoms with Crippen molar-refractivity contribution in [3.63, 3.8) is 0 Å². The molecule has 0 aliphatic rings. The second-order valence-corrected chi connectivity index (χ2v) is 6.51. The lowest BCUT2D eigenvalue weighted by Crippen LogP contribution is -2.32. The van der Waals surface area contributed by atoms with Gasteiger partial charge in [-0.25, -0.2) is 4.79 Å². The SMILES string of the molecule is CCCCCCC(C)(C)C(C)OC(=O)OCC(C)C. The smallest absolute Gasteiger partial charge is 0.434 e. The first-order valence-electron chi connectivity index (χ1n) is 7.63. The van der Waals surface area contributed by atoms with Gasteiger partial charge in [-0.05, 0) is 19.3 Å². The van der Waals surface area contributed by atoms with E-state index in [0.717, 1.165) is 6.42 Å². The molecule has 1 atom stereocenters. The molecule has 0 heterocycles. The monoisotopic (exact) mass is 272 g/mol. The van der Waals surface area contributed by atoms with Gasteiger partial charge in [0, 0.05) is 5.41 Å². The second kappa shape index (κ2) is 9.22. The van der Waals surface area contributed by atoms with E-state index < -0.39 is 6.16 Å². The van der Waals surface area contributed by atoms with Gasteiger partial charge in [0.2, 0.25) is 0 Å². The fourth-order valence-electron chi connectivity index (χ4n) is 1.78. The third-order valence-electron chi connectivity index (χ3n) is 3.58. The first kappa shape index (κ1) is 18.3. The van der Waals surface area contributed by atoms with Crippen LogP contribution in [0.3, 0.4) is 0 Å². The van der Waals surface area contributed by atoms with Crippen molar-refractivity contribution in [1.82, 2.24) is 0 Å². The largest absolute Gasteiger partial charge is 0.508 e. The number of hydrogen-bond donors (Lipinski definition) is 0. The lowest BCUT2D eigenvalue weighted by Gasteiger charge is -2.31. The molecule has 0 fully saturated rings. The molecule has 3 heteroatoms. The van der Waals surface area contributed by atoms with Crippen molar-refractivity contribution in [2.45, 2.75) is 79.8 Å². The lowest BCUT2D eigenvalue weighted by molar-refractivity contribution is -0.0206. The summed E-state index contributed by atoms with van der Waals surface area (Å²) in [5.41, 5.74) is 0.00456. The summed E-state index contributed by atoms with van der Waals surface area (Å²) in [5, 5.41) is 0. The van der Waals surface area contributed by atoms with E-state index >= 15 is 0 Å². The average molecular weight is 272 g/mol. The molecule has 114 valence electrons. The van der Waals surface area contributed by atoms with E-state index in [2.05, 4.69) is 20.8 Å². The highest BCUT2D eigenvalue weighted by Crippen LogP contribution is 2.30. The highest BCUT2D eigenvalue weighted by molar-refractivity contribution is 5.60. The molecule has 0 aromatic rings. The molecule has 1 unspecified atom stereocenters. The van der Waals surface area contributed by atoms with Crippen molar-refractivity contribution in [3.8, 4) is 0 Å². The molecule has 0 aliphatic carbocycles. The summed E-state index contributed by atoms with van der Waals surface area (Å²) in [6.07, 6.45) is 5.39. The summed E-state index contributed by atoms with van der Waals surface area (Å²) in [4.78, 5) is 11.5. The van der Waals surface area contributed by atoms with Gasteiger partial charge in [0.15, 0.2) is 0 Å². The molecule has 0 aromatic heterocycles. The minimum atomic E-state index is -0.539. The maximum atomic E-state index is 11.5. The zero-order valence-electron chi connectivity index (χ0n) is 13.6. The maximum absolute atomic E-state index is 11.5. The van der Waals surface area contributed by atoms with Crippen molar-refractivity contribution in [1.29, 1.82) is 0 Å². The van der Waals surface area contributed by atoms with Crippen LogP contribution in [-0.4, -0.2) is 18.9 Å². The lowest BCUT2D eigenvalue weighted by atomic mass is 9.82. The van der Waals surface area contributed by atoms with Crippen molar-refractivity contribution in [2.24, 2.45) is 11.3 Å². The Hall–Kier alpha value is -0.730. The summed E-state index contributed by atoms with van der Waals surface area (Å²) < 4.78 is 10.4. The number of rotatable bonds is 9. The molecule has 3 nitrogen and oxygen atoms in total. The van der Waals surface area contributed by atoms with Gasteiger partial charge in [-0.1, -0.05) is 60.3 Å². The summed E-state index contributed by atoms with van der Waals surface area (Å²) in [6, 6.07) is 0. The summed E-state index contributed by atoms with van der Waals surface area (Å²) in [6.45, 7) is 12.9. The second-order valence-electron chi connectivity index (χ2n) is 6.51. The van der Waals surface area contributed by atoms with E-state index in [1.54, 1.807) is 0 Å². The Morgan fingerprint density at radius 1 is 1.11 bits per heavy atom. The Labute approximate surface area is 119 Å². The predicted octanol–water partition coefficient (Wildman–Crippen LogP) is 5.18. The zero-order valence-corrected chi connectivity index (χ0v) is 13.6. The maximum Gasteiger partial charge on any atom is 0.508 e. The summed E-state index contributed by atoms with van der Waals surface area (Å²) in [5.74, 6) is 0.338. The van der Waals surface area contributed by atoms with Gasteiger partial charge in [0.05, 0.1) is 6.61 Å². The molecule has 0 aliphatic heterocycles. The molecule has 0 amide bonds. The van der Waals surface area contributed by atoms with Crippen LogP contribution in [-0.2, 0) is 9.47 Å². The van der Waals surface area contributed by atoms with E-state index in [4.69, 9.17) is 9.47 Å². The van der Waals surface area contributed by atoms with Gasteiger partial charge in [0.25, 0.3) is 0 Å². The van der Waals surface area contributed by atoms with Crippen LogP contribution in [0.4, 0.5) is 4.79 Å². The Morgan fingerprint density at radius 3 is 2.26 bits per heavy atom. The highest BCUT2D eigenvalue weighted by Gasteiger charge is 2.29. The molecule has 0 N–H and O–H groups in total. The molecular weight excluding hydrogens is 240 g/mol. The van der Waals surface area contributed by atoms with Crippen molar-refractivity contribution >= 4 is 6.16 Å². The Morgan fingerprint density at radius 2 is 1.74 bits per heavy atom. The molecule has 0 spiro atoms.